The summed E-state index contributed by atoms with van der Waals surface area (Å²) in [6.45, 7) is 5.01. The molecule has 4 rings (SSSR count). The molecule has 1 saturated heterocycles. The first-order valence-corrected chi connectivity index (χ1v) is 10.8. The van der Waals surface area contributed by atoms with Gasteiger partial charge in [0.2, 0.25) is 5.78 Å². The topological polar surface area (TPSA) is 94.7 Å². The van der Waals surface area contributed by atoms with E-state index in [-0.39, 0.29) is 17.0 Å². The van der Waals surface area contributed by atoms with E-state index in [0.717, 1.165) is 56.6 Å². The predicted molar refractivity (Wildman–Crippen MR) is 116 cm³/mol. The minimum absolute atomic E-state index is 0.0729. The van der Waals surface area contributed by atoms with Gasteiger partial charge >= 0.3 is 5.97 Å². The van der Waals surface area contributed by atoms with Crippen molar-refractivity contribution in [3.05, 3.63) is 56.9 Å². The molecule has 0 atom stereocenters. The third kappa shape index (κ3) is 4.33. The summed E-state index contributed by atoms with van der Waals surface area (Å²) in [6, 6.07) is 6.68. The summed E-state index contributed by atoms with van der Waals surface area (Å²) in [5.74, 6) is -1.01. The molecule has 0 bridgehead atoms. The van der Waals surface area contributed by atoms with Crippen LogP contribution in [-0.2, 0) is 4.74 Å². The molecule has 1 saturated carbocycles. The second-order valence-corrected chi connectivity index (χ2v) is 8.39. The standard InChI is InChI=1S/C23H27N3O5/c1-15-12-19(16(2)25(15)18-7-8-18)22(27)14-31-23(28)17-6-9-20(21(13-17)26(29)30)24-10-4-3-5-11-24/h6,9,12-13,18H,3-5,7-8,10-11,14H2,1-2H3. The molecule has 1 aromatic heterocycles. The molecule has 8 nitrogen and oxygen atoms in total. The summed E-state index contributed by atoms with van der Waals surface area (Å²) in [6.07, 6.45) is 5.33. The zero-order chi connectivity index (χ0) is 22.1. The lowest BCUT2D eigenvalue weighted by Crippen LogP contribution is -2.30. The van der Waals surface area contributed by atoms with Crippen LogP contribution in [0.25, 0.3) is 0 Å². The van der Waals surface area contributed by atoms with E-state index in [9.17, 15) is 19.7 Å². The normalized spacial score (nSPS) is 16.3. The molecular weight excluding hydrogens is 398 g/mol. The highest BCUT2D eigenvalue weighted by atomic mass is 16.6. The summed E-state index contributed by atoms with van der Waals surface area (Å²) in [4.78, 5) is 38.2. The number of aromatic nitrogens is 1. The summed E-state index contributed by atoms with van der Waals surface area (Å²) >= 11 is 0. The number of Topliss-reactive ketones (excluding diaryl/α,β-unsaturated/α-hetero) is 1. The second-order valence-electron chi connectivity index (χ2n) is 8.39. The molecule has 2 fully saturated rings. The molecule has 1 aromatic carbocycles. The fourth-order valence-corrected chi connectivity index (χ4v) is 4.45. The Labute approximate surface area is 180 Å². The van der Waals surface area contributed by atoms with Crippen LogP contribution in [0.3, 0.4) is 0 Å². The molecule has 0 amide bonds. The van der Waals surface area contributed by atoms with Gasteiger partial charge in [0.1, 0.15) is 5.69 Å². The van der Waals surface area contributed by atoms with Gasteiger partial charge in [-0.15, -0.1) is 0 Å². The summed E-state index contributed by atoms with van der Waals surface area (Å²) in [5, 5.41) is 11.6. The number of nitro groups is 1. The van der Waals surface area contributed by atoms with E-state index in [4.69, 9.17) is 4.74 Å². The van der Waals surface area contributed by atoms with Crippen LogP contribution in [0.2, 0.25) is 0 Å². The number of nitro benzene ring substituents is 1. The van der Waals surface area contributed by atoms with E-state index < -0.39 is 17.5 Å². The van der Waals surface area contributed by atoms with Crippen molar-refractivity contribution < 1.29 is 19.2 Å². The van der Waals surface area contributed by atoms with Crippen molar-refractivity contribution in [2.24, 2.45) is 0 Å². The minimum Gasteiger partial charge on any atom is -0.454 e. The highest BCUT2D eigenvalue weighted by Gasteiger charge is 2.29. The number of ether oxygens (including phenoxy) is 1. The maximum Gasteiger partial charge on any atom is 0.338 e. The van der Waals surface area contributed by atoms with Gasteiger partial charge in [-0.2, -0.15) is 0 Å². The zero-order valence-corrected chi connectivity index (χ0v) is 17.9. The molecule has 0 N–H and O–H groups in total. The molecular formula is C23H27N3O5. The molecule has 2 aliphatic rings. The smallest absolute Gasteiger partial charge is 0.338 e. The Balaban J connectivity index is 1.46. The van der Waals surface area contributed by atoms with Gasteiger partial charge in [0.05, 0.1) is 10.5 Å². The monoisotopic (exact) mass is 425 g/mol. The van der Waals surface area contributed by atoms with Crippen molar-refractivity contribution in [1.82, 2.24) is 4.57 Å². The van der Waals surface area contributed by atoms with Gasteiger partial charge in [0, 0.05) is 42.1 Å². The molecule has 0 radical (unpaired) electrons. The molecule has 31 heavy (non-hydrogen) atoms. The van der Waals surface area contributed by atoms with Gasteiger partial charge < -0.3 is 14.2 Å². The summed E-state index contributed by atoms with van der Waals surface area (Å²) in [7, 11) is 0. The van der Waals surface area contributed by atoms with Crippen molar-refractivity contribution in [3.8, 4) is 0 Å². The SMILES string of the molecule is Cc1cc(C(=O)COC(=O)c2ccc(N3CCCCC3)c([N+](=O)[O-])c2)c(C)n1C1CC1. The van der Waals surface area contributed by atoms with Crippen LogP contribution in [-0.4, -0.2) is 40.9 Å². The average molecular weight is 425 g/mol. The van der Waals surface area contributed by atoms with Crippen LogP contribution in [0.5, 0.6) is 0 Å². The van der Waals surface area contributed by atoms with Crippen LogP contribution < -0.4 is 4.90 Å². The third-order valence-electron chi connectivity index (χ3n) is 6.14. The molecule has 2 aromatic rings. The molecule has 1 aliphatic heterocycles. The number of ketones is 1. The highest BCUT2D eigenvalue weighted by Crippen LogP contribution is 2.38. The Hall–Kier alpha value is -3.16. The van der Waals surface area contributed by atoms with Crippen LogP contribution >= 0.6 is 0 Å². The Kier molecular flexibility index (Phi) is 5.80. The summed E-state index contributed by atoms with van der Waals surface area (Å²) < 4.78 is 7.38. The maximum atomic E-state index is 12.6. The van der Waals surface area contributed by atoms with Crippen molar-refractivity contribution in [3.63, 3.8) is 0 Å². The van der Waals surface area contributed by atoms with E-state index >= 15 is 0 Å². The number of aryl methyl sites for hydroxylation is 1. The van der Waals surface area contributed by atoms with Crippen LogP contribution in [0.15, 0.2) is 24.3 Å². The molecule has 0 spiro atoms. The van der Waals surface area contributed by atoms with Crippen molar-refractivity contribution in [2.45, 2.75) is 52.0 Å². The van der Waals surface area contributed by atoms with Gasteiger partial charge in [-0.3, -0.25) is 14.9 Å². The first-order valence-electron chi connectivity index (χ1n) is 10.8. The van der Waals surface area contributed by atoms with Crippen molar-refractivity contribution >= 4 is 23.1 Å². The van der Waals surface area contributed by atoms with Crippen LogP contribution in [0.4, 0.5) is 11.4 Å². The number of carbonyl (C=O) groups excluding carboxylic acids is 2. The van der Waals surface area contributed by atoms with Gasteiger partial charge in [0.15, 0.2) is 6.61 Å². The molecule has 164 valence electrons. The summed E-state index contributed by atoms with van der Waals surface area (Å²) in [5.41, 5.74) is 2.95. The molecule has 1 aliphatic carbocycles. The maximum absolute atomic E-state index is 12.6. The largest absolute Gasteiger partial charge is 0.454 e. The van der Waals surface area contributed by atoms with Gasteiger partial charge in [-0.25, -0.2) is 4.79 Å². The Morgan fingerprint density at radius 3 is 2.48 bits per heavy atom. The van der Waals surface area contributed by atoms with E-state index in [1.165, 1.54) is 12.1 Å². The zero-order valence-electron chi connectivity index (χ0n) is 17.9. The molecule has 8 heteroatoms. The van der Waals surface area contributed by atoms with Crippen LogP contribution in [0.1, 0.15) is 70.2 Å². The van der Waals surface area contributed by atoms with Gasteiger partial charge in [0.25, 0.3) is 5.69 Å². The highest BCUT2D eigenvalue weighted by molar-refractivity contribution is 6.00. The fraction of sp³-hybridized carbons (Fsp3) is 0.478. The Morgan fingerprint density at radius 2 is 1.84 bits per heavy atom. The van der Waals surface area contributed by atoms with E-state index in [2.05, 4.69) is 4.57 Å². The first kappa shape index (κ1) is 21.1. The number of esters is 1. The lowest BCUT2D eigenvalue weighted by Gasteiger charge is -2.28. The number of anilines is 1. The average Bonchev–Trinajstić information content (AvgIpc) is 3.56. The number of rotatable bonds is 7. The van der Waals surface area contributed by atoms with Gasteiger partial charge in [-0.1, -0.05) is 0 Å². The first-order chi connectivity index (χ1) is 14.9. The number of nitrogens with zero attached hydrogens (tertiary/aromatic N) is 3. The lowest BCUT2D eigenvalue weighted by molar-refractivity contribution is -0.384. The third-order valence-corrected chi connectivity index (χ3v) is 6.14. The number of piperidine rings is 1. The predicted octanol–water partition coefficient (Wildman–Crippen LogP) is 4.38. The fourth-order valence-electron chi connectivity index (χ4n) is 4.45. The quantitative estimate of drug-likeness (QED) is 0.283. The van der Waals surface area contributed by atoms with Crippen molar-refractivity contribution in [2.75, 3.05) is 24.6 Å². The van der Waals surface area contributed by atoms with E-state index in [1.807, 2.05) is 24.8 Å². The number of carbonyl (C=O) groups is 2. The Bertz CT molecular complexity index is 1030. The molecule has 0 unspecified atom stereocenters. The Morgan fingerprint density at radius 1 is 1.13 bits per heavy atom. The van der Waals surface area contributed by atoms with Crippen LogP contribution in [0, 0.1) is 24.0 Å². The van der Waals surface area contributed by atoms with Crippen molar-refractivity contribution in [1.29, 1.82) is 0 Å². The van der Waals surface area contributed by atoms with Gasteiger partial charge in [-0.05, 0) is 64.2 Å². The number of hydrogen-bond donors (Lipinski definition) is 0. The second kappa shape index (κ2) is 8.53. The molecule has 2 heterocycles. The minimum atomic E-state index is -0.738. The van der Waals surface area contributed by atoms with E-state index in [0.29, 0.717) is 17.3 Å². The lowest BCUT2D eigenvalue weighted by atomic mass is 10.1. The number of benzene rings is 1. The van der Waals surface area contributed by atoms with E-state index in [1.54, 1.807) is 6.07 Å². The number of hydrogen-bond acceptors (Lipinski definition) is 6.